The van der Waals surface area contributed by atoms with Gasteiger partial charge >= 0.3 is 0 Å². The summed E-state index contributed by atoms with van der Waals surface area (Å²) >= 11 is 3.36. The third-order valence-electron chi connectivity index (χ3n) is 3.16. The van der Waals surface area contributed by atoms with Gasteiger partial charge < -0.3 is 5.32 Å². The summed E-state index contributed by atoms with van der Waals surface area (Å²) in [6, 6.07) is 0. The molecule has 0 aromatic carbocycles. The smallest absolute Gasteiger partial charge is 0.241 e. The second kappa shape index (κ2) is 9.84. The summed E-state index contributed by atoms with van der Waals surface area (Å²) in [6.07, 6.45) is 6.47. The lowest BCUT2D eigenvalue weighted by Gasteiger charge is -2.09. The molecule has 2 N–H and O–H groups in total. The molecule has 0 bridgehead atoms. The van der Waals surface area contributed by atoms with Crippen LogP contribution in [0.25, 0.3) is 0 Å². The molecule has 7 heteroatoms. The summed E-state index contributed by atoms with van der Waals surface area (Å²) in [4.78, 5) is 1.34. The van der Waals surface area contributed by atoms with E-state index in [0.717, 1.165) is 23.3 Å². The molecule has 0 aliphatic rings. The normalized spacial score (nSPS) is 12.0. The molecular formula is C14H26N2O2S3. The van der Waals surface area contributed by atoms with Gasteiger partial charge in [-0.1, -0.05) is 12.8 Å². The van der Waals surface area contributed by atoms with E-state index in [1.807, 2.05) is 31.1 Å². The van der Waals surface area contributed by atoms with Gasteiger partial charge in [0.05, 0.1) is 0 Å². The zero-order valence-corrected chi connectivity index (χ0v) is 15.5. The first-order valence-corrected chi connectivity index (χ1v) is 11.0. The van der Waals surface area contributed by atoms with Crippen LogP contribution in [-0.4, -0.2) is 34.0 Å². The van der Waals surface area contributed by atoms with E-state index < -0.39 is 10.0 Å². The second-order valence-electron chi connectivity index (χ2n) is 5.01. The fraction of sp³-hybridized carbons (Fsp3) is 0.714. The number of hydrogen-bond acceptors (Lipinski definition) is 5. The summed E-state index contributed by atoms with van der Waals surface area (Å²) in [5.41, 5.74) is 0.831. The van der Waals surface area contributed by atoms with Crippen LogP contribution in [0.2, 0.25) is 0 Å². The number of sulfonamides is 1. The molecule has 0 radical (unpaired) electrons. The van der Waals surface area contributed by atoms with Crippen LogP contribution < -0.4 is 10.0 Å². The van der Waals surface area contributed by atoms with Crippen LogP contribution in [0, 0.1) is 6.92 Å². The highest BCUT2D eigenvalue weighted by atomic mass is 32.2. The number of nitrogens with one attached hydrogen (secondary N) is 2. The van der Waals surface area contributed by atoms with Gasteiger partial charge in [-0.2, -0.15) is 11.8 Å². The predicted octanol–water partition coefficient (Wildman–Crippen LogP) is 2.98. The molecule has 1 heterocycles. The van der Waals surface area contributed by atoms with Gasteiger partial charge in [-0.05, 0) is 49.8 Å². The average Bonchev–Trinajstić information content (AvgIpc) is 2.80. The van der Waals surface area contributed by atoms with Crippen molar-refractivity contribution < 1.29 is 8.42 Å². The third-order valence-corrected chi connectivity index (χ3v) is 6.78. The standard InChI is InChI=1S/C14H26N2O2S3/c1-12-11-20-13(10-15-2)14(12)21(17,18)16-8-6-4-5-7-9-19-3/h11,15-16H,4-10H2,1-3H3. The number of hydrogen-bond donors (Lipinski definition) is 2. The Kier molecular flexibility index (Phi) is 8.89. The minimum atomic E-state index is -3.38. The minimum Gasteiger partial charge on any atom is -0.315 e. The monoisotopic (exact) mass is 350 g/mol. The first-order valence-electron chi connectivity index (χ1n) is 7.23. The molecule has 0 saturated heterocycles. The van der Waals surface area contributed by atoms with Crippen molar-refractivity contribution in [3.05, 3.63) is 15.8 Å². The molecule has 0 fully saturated rings. The van der Waals surface area contributed by atoms with Gasteiger partial charge in [-0.15, -0.1) is 11.3 Å². The minimum absolute atomic E-state index is 0.462. The highest BCUT2D eigenvalue weighted by Crippen LogP contribution is 2.26. The summed E-state index contributed by atoms with van der Waals surface area (Å²) in [5, 5.41) is 4.93. The maximum atomic E-state index is 12.4. The summed E-state index contributed by atoms with van der Waals surface area (Å²) in [6.45, 7) is 2.96. The van der Waals surface area contributed by atoms with E-state index in [-0.39, 0.29) is 0 Å². The Bertz CT molecular complexity index is 512. The molecule has 0 unspecified atom stereocenters. The lowest BCUT2D eigenvalue weighted by molar-refractivity contribution is 0.572. The first kappa shape index (κ1) is 19.0. The molecule has 4 nitrogen and oxygen atoms in total. The number of thioether (sulfide) groups is 1. The Balaban J connectivity index is 2.48. The Morgan fingerprint density at radius 1 is 1.24 bits per heavy atom. The van der Waals surface area contributed by atoms with Crippen molar-refractivity contribution in [1.29, 1.82) is 0 Å². The lowest BCUT2D eigenvalue weighted by atomic mass is 10.2. The van der Waals surface area contributed by atoms with Gasteiger partial charge in [-0.3, -0.25) is 0 Å². The molecule has 1 aromatic heterocycles. The van der Waals surface area contributed by atoms with E-state index >= 15 is 0 Å². The van der Waals surface area contributed by atoms with E-state index in [1.54, 1.807) is 0 Å². The van der Waals surface area contributed by atoms with Crippen LogP contribution >= 0.6 is 23.1 Å². The molecule has 122 valence electrons. The van der Waals surface area contributed by atoms with Crippen LogP contribution in [0.1, 0.15) is 36.1 Å². The Hall–Kier alpha value is -0.0800. The lowest BCUT2D eigenvalue weighted by Crippen LogP contribution is -2.26. The van der Waals surface area contributed by atoms with Crippen LogP contribution in [-0.2, 0) is 16.6 Å². The predicted molar refractivity (Wildman–Crippen MR) is 93.9 cm³/mol. The maximum absolute atomic E-state index is 12.4. The van der Waals surface area contributed by atoms with Crippen molar-refractivity contribution in [3.8, 4) is 0 Å². The summed E-state index contributed by atoms with van der Waals surface area (Å²) in [5.74, 6) is 1.19. The largest absolute Gasteiger partial charge is 0.315 e. The van der Waals surface area contributed by atoms with E-state index in [1.165, 1.54) is 29.9 Å². The van der Waals surface area contributed by atoms with Crippen molar-refractivity contribution in [3.63, 3.8) is 0 Å². The zero-order chi connectivity index (χ0) is 15.7. The van der Waals surface area contributed by atoms with Gasteiger partial charge in [0, 0.05) is 18.0 Å². The van der Waals surface area contributed by atoms with E-state index in [4.69, 9.17) is 0 Å². The highest BCUT2D eigenvalue weighted by molar-refractivity contribution is 7.98. The molecule has 0 amide bonds. The molecule has 1 aromatic rings. The Morgan fingerprint density at radius 2 is 1.95 bits per heavy atom. The molecule has 0 aliphatic carbocycles. The van der Waals surface area contributed by atoms with Crippen molar-refractivity contribution in [1.82, 2.24) is 10.0 Å². The van der Waals surface area contributed by atoms with Crippen molar-refractivity contribution >= 4 is 33.1 Å². The molecule has 0 saturated carbocycles. The van der Waals surface area contributed by atoms with Crippen molar-refractivity contribution in [2.45, 2.75) is 44.0 Å². The van der Waals surface area contributed by atoms with Crippen LogP contribution in [0.3, 0.4) is 0 Å². The quantitative estimate of drug-likeness (QED) is 0.602. The van der Waals surface area contributed by atoms with Gasteiger partial charge in [0.1, 0.15) is 4.90 Å². The van der Waals surface area contributed by atoms with E-state index in [0.29, 0.717) is 18.0 Å². The first-order chi connectivity index (χ1) is 10.0. The molecular weight excluding hydrogens is 324 g/mol. The summed E-state index contributed by atoms with van der Waals surface area (Å²) in [7, 11) is -1.55. The highest BCUT2D eigenvalue weighted by Gasteiger charge is 2.21. The average molecular weight is 351 g/mol. The molecule has 0 spiro atoms. The van der Waals surface area contributed by atoms with Crippen LogP contribution in [0.5, 0.6) is 0 Å². The van der Waals surface area contributed by atoms with Crippen molar-refractivity contribution in [2.24, 2.45) is 0 Å². The van der Waals surface area contributed by atoms with Gasteiger partial charge in [-0.25, -0.2) is 13.1 Å². The maximum Gasteiger partial charge on any atom is 0.241 e. The summed E-state index contributed by atoms with van der Waals surface area (Å²) < 4.78 is 27.6. The van der Waals surface area contributed by atoms with E-state index in [9.17, 15) is 8.42 Å². The van der Waals surface area contributed by atoms with E-state index in [2.05, 4.69) is 16.3 Å². The number of thiophene rings is 1. The fourth-order valence-corrected chi connectivity index (χ4v) is 5.52. The Labute approximate surface area is 137 Å². The molecule has 21 heavy (non-hydrogen) atoms. The number of aryl methyl sites for hydroxylation is 1. The van der Waals surface area contributed by atoms with Crippen LogP contribution in [0.4, 0.5) is 0 Å². The van der Waals surface area contributed by atoms with Crippen molar-refractivity contribution in [2.75, 3.05) is 25.6 Å². The third kappa shape index (κ3) is 6.28. The van der Waals surface area contributed by atoms with Gasteiger partial charge in [0.25, 0.3) is 0 Å². The SMILES string of the molecule is CNCc1scc(C)c1S(=O)(=O)NCCCCCCSC. The number of rotatable bonds is 11. The van der Waals surface area contributed by atoms with Gasteiger partial charge in [0.15, 0.2) is 0 Å². The molecule has 0 aliphatic heterocycles. The number of unbranched alkanes of at least 4 members (excludes halogenated alkanes) is 3. The van der Waals surface area contributed by atoms with Gasteiger partial charge in [0.2, 0.25) is 10.0 Å². The topological polar surface area (TPSA) is 58.2 Å². The zero-order valence-electron chi connectivity index (χ0n) is 13.1. The molecule has 0 atom stereocenters. The Morgan fingerprint density at radius 3 is 2.62 bits per heavy atom. The van der Waals surface area contributed by atoms with Crippen LogP contribution in [0.15, 0.2) is 10.3 Å². The second-order valence-corrected chi connectivity index (χ2v) is 8.66. The fourth-order valence-electron chi connectivity index (χ4n) is 2.13. The molecule has 1 rings (SSSR count).